The fraction of sp³-hybridized carbons (Fsp3) is 0.842. The Hall–Kier alpha value is -0.590. The molecule has 0 amide bonds. The van der Waals surface area contributed by atoms with Gasteiger partial charge >= 0.3 is 0 Å². The zero-order valence-corrected chi connectivity index (χ0v) is 13.9. The quantitative estimate of drug-likeness (QED) is 0.191. The van der Waals surface area contributed by atoms with Crippen molar-refractivity contribution in [1.82, 2.24) is 0 Å². The molecule has 0 N–H and O–H groups in total. The second kappa shape index (κ2) is 16.5. The number of carbonyl (C=O) groups excluding carboxylic acids is 1. The number of aldehydes is 1. The Bertz CT molecular complexity index is 220. The fourth-order valence-corrected chi connectivity index (χ4v) is 2.59. The molecular formula is C19H36O. The van der Waals surface area contributed by atoms with Gasteiger partial charge in [-0.2, -0.15) is 0 Å². The smallest absolute Gasteiger partial charge is 0.123 e. The molecule has 0 saturated carbocycles. The molecule has 20 heavy (non-hydrogen) atoms. The lowest BCUT2D eigenvalue weighted by molar-refractivity contribution is -0.111. The monoisotopic (exact) mass is 280 g/mol. The largest absolute Gasteiger partial charge is 0.303 e. The van der Waals surface area contributed by atoms with Crippen LogP contribution in [-0.4, -0.2) is 6.29 Å². The van der Waals surface area contributed by atoms with Crippen LogP contribution in [0, 0.1) is 5.92 Å². The molecule has 1 nitrogen and oxygen atoms in total. The summed E-state index contributed by atoms with van der Waals surface area (Å²) < 4.78 is 0. The topological polar surface area (TPSA) is 17.1 Å². The van der Waals surface area contributed by atoms with Gasteiger partial charge in [-0.3, -0.25) is 0 Å². The molecule has 0 rings (SSSR count). The Morgan fingerprint density at radius 1 is 0.700 bits per heavy atom. The van der Waals surface area contributed by atoms with Gasteiger partial charge < -0.3 is 4.79 Å². The predicted octanol–water partition coefficient (Wildman–Crippen LogP) is 6.47. The fourth-order valence-electron chi connectivity index (χ4n) is 2.59. The van der Waals surface area contributed by atoms with Gasteiger partial charge in [-0.05, 0) is 32.1 Å². The van der Waals surface area contributed by atoms with Crippen LogP contribution in [0.3, 0.4) is 0 Å². The maximum absolute atomic E-state index is 10.8. The molecule has 0 aromatic carbocycles. The molecule has 0 bridgehead atoms. The van der Waals surface area contributed by atoms with E-state index in [-0.39, 0.29) is 5.92 Å². The molecule has 0 aromatic heterocycles. The van der Waals surface area contributed by atoms with E-state index in [1.165, 1.54) is 57.8 Å². The molecule has 0 spiro atoms. The van der Waals surface area contributed by atoms with Gasteiger partial charge in [0.1, 0.15) is 6.29 Å². The number of hydrogen-bond donors (Lipinski definition) is 0. The summed E-state index contributed by atoms with van der Waals surface area (Å²) in [6.07, 6.45) is 22.3. The summed E-state index contributed by atoms with van der Waals surface area (Å²) in [5.41, 5.74) is 0. The summed E-state index contributed by atoms with van der Waals surface area (Å²) in [4.78, 5) is 10.8. The van der Waals surface area contributed by atoms with Crippen molar-refractivity contribution in [3.63, 3.8) is 0 Å². The Balaban J connectivity index is 3.25. The van der Waals surface area contributed by atoms with Gasteiger partial charge in [-0.25, -0.2) is 0 Å². The molecule has 1 unspecified atom stereocenters. The molecular weight excluding hydrogens is 244 g/mol. The molecule has 0 aliphatic rings. The van der Waals surface area contributed by atoms with E-state index in [2.05, 4.69) is 26.0 Å². The van der Waals surface area contributed by atoms with Crippen molar-refractivity contribution >= 4 is 6.29 Å². The summed E-state index contributed by atoms with van der Waals surface area (Å²) in [6, 6.07) is 0. The van der Waals surface area contributed by atoms with Gasteiger partial charge in [-0.1, -0.05) is 77.4 Å². The Labute approximate surface area is 127 Å². The van der Waals surface area contributed by atoms with Crippen LogP contribution in [0.15, 0.2) is 12.2 Å². The van der Waals surface area contributed by atoms with E-state index < -0.39 is 0 Å². The first-order valence-corrected chi connectivity index (χ1v) is 8.95. The van der Waals surface area contributed by atoms with Gasteiger partial charge in [-0.15, -0.1) is 0 Å². The molecule has 0 saturated heterocycles. The lowest BCUT2D eigenvalue weighted by Crippen LogP contribution is -2.00. The highest BCUT2D eigenvalue weighted by atomic mass is 16.1. The highest BCUT2D eigenvalue weighted by molar-refractivity contribution is 5.53. The van der Waals surface area contributed by atoms with Crippen LogP contribution in [0.5, 0.6) is 0 Å². The average molecular weight is 280 g/mol. The molecule has 0 fully saturated rings. The van der Waals surface area contributed by atoms with Crippen LogP contribution in [0.2, 0.25) is 0 Å². The van der Waals surface area contributed by atoms with Gasteiger partial charge in [0.05, 0.1) is 0 Å². The third-order valence-electron chi connectivity index (χ3n) is 3.95. The second-order valence-corrected chi connectivity index (χ2v) is 6.00. The first kappa shape index (κ1) is 19.4. The van der Waals surface area contributed by atoms with Crippen molar-refractivity contribution in [2.45, 2.75) is 97.3 Å². The van der Waals surface area contributed by atoms with Crippen LogP contribution in [0.4, 0.5) is 0 Å². The highest BCUT2D eigenvalue weighted by Crippen LogP contribution is 2.12. The number of rotatable bonds is 15. The molecule has 118 valence electrons. The highest BCUT2D eigenvalue weighted by Gasteiger charge is 2.03. The average Bonchev–Trinajstić information content (AvgIpc) is 2.47. The van der Waals surface area contributed by atoms with E-state index in [9.17, 15) is 4.79 Å². The standard InChI is InChI=1S/C19H36O/c1-3-5-6-7-8-9-10-11-12-13-14-15-17-19(18-20)16-4-2/h13-14,18-19H,3-12,15-17H2,1-2H3/b14-13+. The van der Waals surface area contributed by atoms with Gasteiger partial charge in [0.15, 0.2) is 0 Å². The maximum Gasteiger partial charge on any atom is 0.123 e. The van der Waals surface area contributed by atoms with E-state index in [0.29, 0.717) is 0 Å². The molecule has 0 radical (unpaired) electrons. The number of unbranched alkanes of at least 4 members (excludes halogenated alkanes) is 8. The van der Waals surface area contributed by atoms with E-state index in [0.717, 1.165) is 32.0 Å². The van der Waals surface area contributed by atoms with Gasteiger partial charge in [0.2, 0.25) is 0 Å². The lowest BCUT2D eigenvalue weighted by Gasteiger charge is -2.05. The maximum atomic E-state index is 10.8. The molecule has 0 heterocycles. The van der Waals surface area contributed by atoms with Crippen LogP contribution in [-0.2, 0) is 4.79 Å². The minimum absolute atomic E-state index is 0.285. The van der Waals surface area contributed by atoms with E-state index in [1.807, 2.05) is 0 Å². The first-order chi connectivity index (χ1) is 9.85. The normalized spacial score (nSPS) is 12.9. The first-order valence-electron chi connectivity index (χ1n) is 8.95. The summed E-state index contributed by atoms with van der Waals surface area (Å²) in [5.74, 6) is 0.285. The zero-order valence-electron chi connectivity index (χ0n) is 13.9. The summed E-state index contributed by atoms with van der Waals surface area (Å²) >= 11 is 0. The van der Waals surface area contributed by atoms with Crippen molar-refractivity contribution < 1.29 is 4.79 Å². The molecule has 0 aliphatic carbocycles. The minimum Gasteiger partial charge on any atom is -0.303 e. The summed E-state index contributed by atoms with van der Waals surface area (Å²) in [5, 5.41) is 0. The van der Waals surface area contributed by atoms with Crippen molar-refractivity contribution in [2.75, 3.05) is 0 Å². The minimum atomic E-state index is 0.285. The second-order valence-electron chi connectivity index (χ2n) is 6.00. The van der Waals surface area contributed by atoms with Crippen LogP contribution >= 0.6 is 0 Å². The molecule has 0 aromatic rings. The third kappa shape index (κ3) is 13.8. The summed E-state index contributed by atoms with van der Waals surface area (Å²) in [7, 11) is 0. The summed E-state index contributed by atoms with van der Waals surface area (Å²) in [6.45, 7) is 4.42. The van der Waals surface area contributed by atoms with Crippen LogP contribution < -0.4 is 0 Å². The Morgan fingerprint density at radius 2 is 1.30 bits per heavy atom. The van der Waals surface area contributed by atoms with Crippen molar-refractivity contribution in [3.8, 4) is 0 Å². The van der Waals surface area contributed by atoms with E-state index in [1.54, 1.807) is 0 Å². The molecule has 0 aliphatic heterocycles. The zero-order chi connectivity index (χ0) is 14.9. The number of hydrogen-bond acceptors (Lipinski definition) is 1. The van der Waals surface area contributed by atoms with Gasteiger partial charge in [0, 0.05) is 5.92 Å². The number of carbonyl (C=O) groups is 1. The van der Waals surface area contributed by atoms with Crippen molar-refractivity contribution in [2.24, 2.45) is 5.92 Å². The molecule has 1 heteroatoms. The lowest BCUT2D eigenvalue weighted by atomic mass is 9.99. The molecule has 1 atom stereocenters. The third-order valence-corrected chi connectivity index (χ3v) is 3.95. The van der Waals surface area contributed by atoms with Gasteiger partial charge in [0.25, 0.3) is 0 Å². The van der Waals surface area contributed by atoms with Crippen LogP contribution in [0.25, 0.3) is 0 Å². The van der Waals surface area contributed by atoms with Crippen molar-refractivity contribution in [3.05, 3.63) is 12.2 Å². The van der Waals surface area contributed by atoms with Crippen molar-refractivity contribution in [1.29, 1.82) is 0 Å². The van der Waals surface area contributed by atoms with E-state index >= 15 is 0 Å². The Morgan fingerprint density at radius 3 is 1.90 bits per heavy atom. The van der Waals surface area contributed by atoms with E-state index in [4.69, 9.17) is 0 Å². The van der Waals surface area contributed by atoms with Crippen LogP contribution in [0.1, 0.15) is 97.3 Å². The predicted molar refractivity (Wildman–Crippen MR) is 90.1 cm³/mol. The number of allylic oxidation sites excluding steroid dienone is 2. The Kier molecular flexibility index (Phi) is 16.0. The SMILES string of the molecule is CCCCCCCCCC/C=C/CCC(C=O)CCC.